The maximum atomic E-state index is 4.78. The van der Waals surface area contributed by atoms with E-state index in [2.05, 4.69) is 34.7 Å². The molecule has 1 N–H and O–H groups in total. The number of hydrogen-bond donors (Lipinski definition) is 1. The smallest absolute Gasteiger partial charge is 0.133 e. The van der Waals surface area contributed by atoms with Gasteiger partial charge in [0.05, 0.1) is 0 Å². The first-order valence-corrected chi connectivity index (χ1v) is 7.85. The Balaban J connectivity index is 1.83. The highest BCUT2D eigenvalue weighted by atomic mass is 32.1. The van der Waals surface area contributed by atoms with Gasteiger partial charge in [0.15, 0.2) is 0 Å². The van der Waals surface area contributed by atoms with Gasteiger partial charge in [-0.25, -0.2) is 9.97 Å². The largest absolute Gasteiger partial charge is 0.310 e. The molecule has 1 aliphatic rings. The molecule has 0 aliphatic heterocycles. The molecule has 0 saturated heterocycles. The van der Waals surface area contributed by atoms with E-state index in [0.29, 0.717) is 6.04 Å². The summed E-state index contributed by atoms with van der Waals surface area (Å²) < 4.78 is 0. The Morgan fingerprint density at radius 2 is 2.42 bits per heavy atom. The lowest BCUT2D eigenvalue weighted by Crippen LogP contribution is -2.26. The second kappa shape index (κ2) is 5.80. The molecule has 2 aromatic heterocycles. The van der Waals surface area contributed by atoms with E-state index in [0.717, 1.165) is 25.2 Å². The first-order valence-electron chi connectivity index (χ1n) is 6.97. The van der Waals surface area contributed by atoms with Crippen molar-refractivity contribution in [1.29, 1.82) is 0 Å². The topological polar surface area (TPSA) is 37.8 Å². The Morgan fingerprint density at radius 1 is 1.47 bits per heavy atom. The molecule has 2 aromatic rings. The molecule has 0 spiro atoms. The van der Waals surface area contributed by atoms with Crippen molar-refractivity contribution in [2.75, 3.05) is 6.54 Å². The van der Waals surface area contributed by atoms with Crippen molar-refractivity contribution >= 4 is 11.3 Å². The zero-order valence-electron chi connectivity index (χ0n) is 11.2. The van der Waals surface area contributed by atoms with Crippen LogP contribution in [-0.2, 0) is 12.8 Å². The van der Waals surface area contributed by atoms with Crippen molar-refractivity contribution in [3.8, 4) is 0 Å². The van der Waals surface area contributed by atoms with Crippen LogP contribution < -0.4 is 5.32 Å². The summed E-state index contributed by atoms with van der Waals surface area (Å²) in [6.45, 7) is 3.15. The fourth-order valence-corrected chi connectivity index (χ4v) is 3.40. The van der Waals surface area contributed by atoms with Gasteiger partial charge in [0.25, 0.3) is 0 Å². The standard InChI is InChI=1S/C15H19N3S/c1-2-16-13-6-3-7-14-12(13)10-17-15(18-14)9-11-5-4-8-19-11/h4-5,8,10,13,16H,2-3,6-7,9H2,1H3. The number of nitrogens with zero attached hydrogens (tertiary/aromatic N) is 2. The van der Waals surface area contributed by atoms with Crippen molar-refractivity contribution in [3.63, 3.8) is 0 Å². The SMILES string of the molecule is CCNC1CCCc2nc(Cc3cccs3)ncc21. The molecule has 1 unspecified atom stereocenters. The molecular formula is C15H19N3S. The first-order chi connectivity index (χ1) is 9.36. The number of thiophene rings is 1. The predicted molar refractivity (Wildman–Crippen MR) is 78.5 cm³/mol. The van der Waals surface area contributed by atoms with Crippen LogP contribution in [0.15, 0.2) is 23.7 Å². The van der Waals surface area contributed by atoms with Gasteiger partial charge in [-0.15, -0.1) is 11.3 Å². The summed E-state index contributed by atoms with van der Waals surface area (Å²) in [4.78, 5) is 10.7. The van der Waals surface area contributed by atoms with Crippen molar-refractivity contribution in [2.24, 2.45) is 0 Å². The van der Waals surface area contributed by atoms with Crippen LogP contribution in [0, 0.1) is 0 Å². The van der Waals surface area contributed by atoms with E-state index < -0.39 is 0 Å². The number of fused-ring (bicyclic) bond motifs is 1. The number of aryl methyl sites for hydroxylation is 1. The van der Waals surface area contributed by atoms with Gasteiger partial charge >= 0.3 is 0 Å². The third-order valence-corrected chi connectivity index (χ3v) is 4.47. The van der Waals surface area contributed by atoms with Crippen molar-refractivity contribution in [3.05, 3.63) is 45.7 Å². The van der Waals surface area contributed by atoms with E-state index in [1.165, 1.54) is 29.0 Å². The van der Waals surface area contributed by atoms with E-state index in [1.54, 1.807) is 11.3 Å². The summed E-state index contributed by atoms with van der Waals surface area (Å²) in [5.74, 6) is 0.957. The highest BCUT2D eigenvalue weighted by Crippen LogP contribution is 2.28. The summed E-state index contributed by atoms with van der Waals surface area (Å²) >= 11 is 1.77. The minimum atomic E-state index is 0.449. The second-order valence-electron chi connectivity index (χ2n) is 4.95. The molecular weight excluding hydrogens is 254 g/mol. The first kappa shape index (κ1) is 12.8. The number of nitrogens with one attached hydrogen (secondary N) is 1. The lowest BCUT2D eigenvalue weighted by Gasteiger charge is -2.25. The molecule has 100 valence electrons. The quantitative estimate of drug-likeness (QED) is 0.930. The van der Waals surface area contributed by atoms with Gasteiger partial charge in [-0.2, -0.15) is 0 Å². The molecule has 0 bridgehead atoms. The molecule has 1 atom stereocenters. The second-order valence-corrected chi connectivity index (χ2v) is 5.98. The maximum absolute atomic E-state index is 4.78. The highest BCUT2D eigenvalue weighted by Gasteiger charge is 2.21. The Morgan fingerprint density at radius 3 is 3.21 bits per heavy atom. The molecule has 3 nitrogen and oxygen atoms in total. The van der Waals surface area contributed by atoms with Gasteiger partial charge in [0.1, 0.15) is 5.82 Å². The van der Waals surface area contributed by atoms with Gasteiger partial charge in [-0.1, -0.05) is 13.0 Å². The third kappa shape index (κ3) is 2.85. The summed E-state index contributed by atoms with van der Waals surface area (Å²) in [5, 5.41) is 5.63. The van der Waals surface area contributed by atoms with Crippen LogP contribution >= 0.6 is 11.3 Å². The minimum absolute atomic E-state index is 0.449. The van der Waals surface area contributed by atoms with Gasteiger partial charge in [-0.3, -0.25) is 0 Å². The van der Waals surface area contributed by atoms with Crippen LogP contribution in [0.3, 0.4) is 0 Å². The Hall–Kier alpha value is -1.26. The average Bonchev–Trinajstić information content (AvgIpc) is 2.92. The van der Waals surface area contributed by atoms with E-state index in [4.69, 9.17) is 4.98 Å². The molecule has 0 aromatic carbocycles. The summed E-state index contributed by atoms with van der Waals surface area (Å²) in [5.41, 5.74) is 2.56. The van der Waals surface area contributed by atoms with Crippen LogP contribution in [0.2, 0.25) is 0 Å². The van der Waals surface area contributed by atoms with Crippen LogP contribution in [0.1, 0.15) is 47.8 Å². The van der Waals surface area contributed by atoms with Gasteiger partial charge in [0.2, 0.25) is 0 Å². The van der Waals surface area contributed by atoms with E-state index >= 15 is 0 Å². The van der Waals surface area contributed by atoms with Crippen molar-refractivity contribution < 1.29 is 0 Å². The summed E-state index contributed by atoms with van der Waals surface area (Å²) in [6, 6.07) is 4.68. The fourth-order valence-electron chi connectivity index (χ4n) is 2.70. The monoisotopic (exact) mass is 273 g/mol. The third-order valence-electron chi connectivity index (χ3n) is 3.59. The van der Waals surface area contributed by atoms with Gasteiger partial charge in [0, 0.05) is 34.8 Å². The summed E-state index contributed by atoms with van der Waals surface area (Å²) in [6.07, 6.45) is 6.42. The normalized spacial score (nSPS) is 18.3. The molecule has 2 heterocycles. The summed E-state index contributed by atoms with van der Waals surface area (Å²) in [7, 11) is 0. The molecule has 0 amide bonds. The molecule has 3 rings (SSSR count). The maximum Gasteiger partial charge on any atom is 0.133 e. The minimum Gasteiger partial charge on any atom is -0.310 e. The highest BCUT2D eigenvalue weighted by molar-refractivity contribution is 7.09. The number of aromatic nitrogens is 2. The predicted octanol–water partition coefficient (Wildman–Crippen LogP) is 3.12. The van der Waals surface area contributed by atoms with E-state index in [9.17, 15) is 0 Å². The Labute approximate surface area is 118 Å². The lowest BCUT2D eigenvalue weighted by molar-refractivity contribution is 0.463. The van der Waals surface area contributed by atoms with Crippen LogP contribution in [-0.4, -0.2) is 16.5 Å². The Kier molecular flexibility index (Phi) is 3.89. The Bertz CT molecular complexity index is 536. The van der Waals surface area contributed by atoms with E-state index in [-0.39, 0.29) is 0 Å². The number of hydrogen-bond acceptors (Lipinski definition) is 4. The zero-order chi connectivity index (χ0) is 13.1. The van der Waals surface area contributed by atoms with Crippen LogP contribution in [0.4, 0.5) is 0 Å². The van der Waals surface area contributed by atoms with Crippen molar-refractivity contribution in [1.82, 2.24) is 15.3 Å². The molecule has 1 aliphatic carbocycles. The molecule has 0 radical (unpaired) electrons. The van der Waals surface area contributed by atoms with Crippen LogP contribution in [0.5, 0.6) is 0 Å². The van der Waals surface area contributed by atoms with Crippen molar-refractivity contribution in [2.45, 2.75) is 38.6 Å². The zero-order valence-corrected chi connectivity index (χ0v) is 12.0. The molecule has 0 fully saturated rings. The van der Waals surface area contributed by atoms with Gasteiger partial charge in [-0.05, 0) is 37.3 Å². The lowest BCUT2D eigenvalue weighted by atomic mass is 9.92. The van der Waals surface area contributed by atoms with Gasteiger partial charge < -0.3 is 5.32 Å². The van der Waals surface area contributed by atoms with E-state index in [1.807, 2.05) is 6.20 Å². The fraction of sp³-hybridized carbons (Fsp3) is 0.467. The average molecular weight is 273 g/mol. The van der Waals surface area contributed by atoms with Crippen LogP contribution in [0.25, 0.3) is 0 Å². The molecule has 19 heavy (non-hydrogen) atoms. The molecule has 4 heteroatoms. The molecule has 0 saturated carbocycles. The number of rotatable bonds is 4.